The number of rotatable bonds is 0. The molecular weight excluding hydrogens is 320 g/mol. The van der Waals surface area contributed by atoms with E-state index in [4.69, 9.17) is 9.47 Å². The Morgan fingerprint density at radius 1 is 1.32 bits per heavy atom. The van der Waals surface area contributed by atoms with Crippen LogP contribution in [0.5, 0.6) is 0 Å². The topological polar surface area (TPSA) is 76.1 Å². The number of ether oxygens (including phenoxy) is 2. The monoisotopic (exact) mass is 346 g/mol. The molecule has 2 heterocycles. The minimum Gasteiger partial charge on any atom is -0.454 e. The van der Waals surface area contributed by atoms with Gasteiger partial charge in [-0.25, -0.2) is 4.79 Å². The third-order valence-electron chi connectivity index (χ3n) is 5.53. The molecule has 2 aliphatic heterocycles. The number of hydrogen-bond donors (Lipinski definition) is 1. The highest BCUT2D eigenvalue weighted by Gasteiger charge is 2.58. The number of fused-ring (bicyclic) bond motifs is 2. The number of esters is 1. The van der Waals surface area contributed by atoms with Gasteiger partial charge >= 0.3 is 5.97 Å². The van der Waals surface area contributed by atoms with Gasteiger partial charge in [0.1, 0.15) is 11.7 Å². The lowest BCUT2D eigenvalue weighted by Gasteiger charge is -2.20. The molecule has 136 valence electrons. The summed E-state index contributed by atoms with van der Waals surface area (Å²) in [6, 6.07) is 0. The lowest BCUT2D eigenvalue weighted by Crippen LogP contribution is -2.30. The molecule has 0 bridgehead atoms. The van der Waals surface area contributed by atoms with Gasteiger partial charge in [0.25, 0.3) is 0 Å². The zero-order chi connectivity index (χ0) is 18.4. The highest BCUT2D eigenvalue weighted by atomic mass is 16.6. The molecule has 3 rings (SSSR count). The Morgan fingerprint density at radius 2 is 2.04 bits per heavy atom. The molecule has 5 atom stereocenters. The first-order chi connectivity index (χ1) is 11.6. The summed E-state index contributed by atoms with van der Waals surface area (Å²) in [6.07, 6.45) is 6.90. The summed E-state index contributed by atoms with van der Waals surface area (Å²) in [7, 11) is 0. The first kappa shape index (κ1) is 18.1. The van der Waals surface area contributed by atoms with Gasteiger partial charge in [-0.15, -0.1) is 0 Å². The molecule has 1 N–H and O–H groups in total. The van der Waals surface area contributed by atoms with E-state index in [1.165, 1.54) is 0 Å². The van der Waals surface area contributed by atoms with Gasteiger partial charge in [0.05, 0.1) is 11.7 Å². The molecule has 0 aromatic rings. The summed E-state index contributed by atoms with van der Waals surface area (Å²) < 4.78 is 11.1. The summed E-state index contributed by atoms with van der Waals surface area (Å²) in [5, 5.41) is 10.4. The number of allylic oxidation sites excluding steroid dienone is 2. The van der Waals surface area contributed by atoms with Crippen LogP contribution in [0.4, 0.5) is 0 Å². The zero-order valence-corrected chi connectivity index (χ0v) is 15.1. The molecule has 0 saturated carbocycles. The quantitative estimate of drug-likeness (QED) is 0.316. The smallest absolute Gasteiger partial charge is 0.334 e. The van der Waals surface area contributed by atoms with E-state index >= 15 is 0 Å². The molecule has 5 heteroatoms. The van der Waals surface area contributed by atoms with Crippen molar-refractivity contribution in [2.45, 2.75) is 69.9 Å². The van der Waals surface area contributed by atoms with Crippen molar-refractivity contribution in [1.82, 2.24) is 0 Å². The molecule has 0 aromatic carbocycles. The summed E-state index contributed by atoms with van der Waals surface area (Å²) >= 11 is 0. The number of Topliss-reactive ketones (excluding diaryl/α,β-unsaturated/α-hetero) is 1. The van der Waals surface area contributed by atoms with Crippen LogP contribution in [0.1, 0.15) is 46.5 Å². The molecule has 0 radical (unpaired) electrons. The molecule has 3 aliphatic rings. The largest absolute Gasteiger partial charge is 0.454 e. The first-order valence-corrected chi connectivity index (χ1v) is 8.81. The Hall–Kier alpha value is -1.72. The number of carbonyl (C=O) groups is 2. The predicted octanol–water partition coefficient (Wildman–Crippen LogP) is 2.64. The fourth-order valence-corrected chi connectivity index (χ4v) is 3.62. The van der Waals surface area contributed by atoms with Crippen molar-refractivity contribution in [1.29, 1.82) is 0 Å². The Kier molecular flexibility index (Phi) is 4.50. The van der Waals surface area contributed by atoms with Gasteiger partial charge < -0.3 is 14.6 Å². The minimum atomic E-state index is -0.934. The van der Waals surface area contributed by atoms with Crippen molar-refractivity contribution in [3.8, 4) is 0 Å². The van der Waals surface area contributed by atoms with Crippen LogP contribution in [-0.4, -0.2) is 40.3 Å². The summed E-state index contributed by atoms with van der Waals surface area (Å²) in [4.78, 5) is 24.7. The van der Waals surface area contributed by atoms with Crippen molar-refractivity contribution in [2.75, 3.05) is 0 Å². The van der Waals surface area contributed by atoms with Gasteiger partial charge in [0.2, 0.25) is 0 Å². The molecule has 5 nitrogen and oxygen atoms in total. The zero-order valence-electron chi connectivity index (χ0n) is 15.1. The number of ketones is 1. The van der Waals surface area contributed by atoms with E-state index in [1.54, 1.807) is 19.9 Å². The maximum Gasteiger partial charge on any atom is 0.334 e. The summed E-state index contributed by atoms with van der Waals surface area (Å²) in [6.45, 7) is 9.31. The third kappa shape index (κ3) is 3.62. The van der Waals surface area contributed by atoms with Crippen molar-refractivity contribution in [3.05, 3.63) is 36.0 Å². The van der Waals surface area contributed by atoms with Crippen LogP contribution in [0.15, 0.2) is 36.0 Å². The second-order valence-corrected chi connectivity index (χ2v) is 7.86. The van der Waals surface area contributed by atoms with Crippen LogP contribution < -0.4 is 0 Å². The van der Waals surface area contributed by atoms with Crippen molar-refractivity contribution in [3.63, 3.8) is 0 Å². The van der Waals surface area contributed by atoms with Gasteiger partial charge in [-0.05, 0) is 46.1 Å². The van der Waals surface area contributed by atoms with Crippen molar-refractivity contribution in [2.24, 2.45) is 5.92 Å². The number of epoxide rings is 1. The Morgan fingerprint density at radius 3 is 2.76 bits per heavy atom. The second kappa shape index (κ2) is 6.22. The van der Waals surface area contributed by atoms with Crippen molar-refractivity contribution >= 4 is 11.8 Å². The van der Waals surface area contributed by atoms with E-state index < -0.39 is 23.3 Å². The Balaban J connectivity index is 1.89. The van der Waals surface area contributed by atoms with Crippen molar-refractivity contribution < 1.29 is 24.2 Å². The Labute approximate surface area is 148 Å². The number of aliphatic hydroxyl groups is 1. The van der Waals surface area contributed by atoms with Crippen LogP contribution >= 0.6 is 0 Å². The highest BCUT2D eigenvalue weighted by molar-refractivity contribution is 5.95. The van der Waals surface area contributed by atoms with Gasteiger partial charge in [-0.3, -0.25) is 4.79 Å². The average molecular weight is 346 g/mol. The summed E-state index contributed by atoms with van der Waals surface area (Å²) in [5.74, 6) is -0.815. The first-order valence-electron chi connectivity index (χ1n) is 8.81. The van der Waals surface area contributed by atoms with Gasteiger partial charge in [0, 0.05) is 17.9 Å². The second-order valence-electron chi connectivity index (χ2n) is 7.86. The van der Waals surface area contributed by atoms with Crippen LogP contribution in [0, 0.1) is 5.92 Å². The van der Waals surface area contributed by atoms with Crippen LogP contribution in [0.2, 0.25) is 0 Å². The fourth-order valence-electron chi connectivity index (χ4n) is 3.62. The summed E-state index contributed by atoms with van der Waals surface area (Å²) in [5.41, 5.74) is -0.398. The number of carbonyl (C=O) groups excluding carboxylic acids is 2. The van der Waals surface area contributed by atoms with E-state index in [0.717, 1.165) is 5.57 Å². The van der Waals surface area contributed by atoms with Crippen LogP contribution in [-0.2, 0) is 19.1 Å². The fraction of sp³-hybridized carbons (Fsp3) is 0.600. The third-order valence-corrected chi connectivity index (χ3v) is 5.53. The number of hydrogen-bond acceptors (Lipinski definition) is 5. The average Bonchev–Trinajstić information content (AvgIpc) is 3.13. The van der Waals surface area contributed by atoms with E-state index in [2.05, 4.69) is 6.58 Å². The van der Waals surface area contributed by atoms with E-state index in [1.807, 2.05) is 19.1 Å². The molecule has 0 amide bonds. The minimum absolute atomic E-state index is 0.0368. The lowest BCUT2D eigenvalue weighted by atomic mass is 9.84. The SMILES string of the molecule is C=C1C(=O)O[C@@H]2/C=C(\C)C/C=C/[C@](C)(O)CC[C@@H]3O[C@@]3(C)C(=O)C[C@@H]12. The lowest BCUT2D eigenvalue weighted by molar-refractivity contribution is -0.137. The standard InChI is InChI=1S/C20H26O5/c1-12-6-5-8-19(3,23)9-7-17-20(4,25-17)16(21)11-14-13(2)18(22)24-15(14)10-12/h5,8,10,14-15,17,23H,2,6-7,9,11H2,1,3-4H3/b8-5+,12-10+/t14-,15+,17-,19-,20-/m0/s1. The normalized spacial score (nSPS) is 45.5. The molecule has 0 aromatic heterocycles. The highest BCUT2D eigenvalue weighted by Crippen LogP contribution is 2.44. The molecule has 25 heavy (non-hydrogen) atoms. The molecular formula is C20H26O5. The molecule has 2 saturated heterocycles. The van der Waals surface area contributed by atoms with E-state index in [-0.39, 0.29) is 24.2 Å². The predicted molar refractivity (Wildman–Crippen MR) is 92.8 cm³/mol. The molecule has 1 aliphatic carbocycles. The van der Waals surface area contributed by atoms with Gasteiger partial charge in [0.15, 0.2) is 5.78 Å². The maximum absolute atomic E-state index is 12.8. The van der Waals surface area contributed by atoms with E-state index in [9.17, 15) is 14.7 Å². The Bertz CT molecular complexity index is 672. The van der Waals surface area contributed by atoms with E-state index in [0.29, 0.717) is 24.8 Å². The molecule has 2 fully saturated rings. The van der Waals surface area contributed by atoms with Gasteiger partial charge in [-0.2, -0.15) is 0 Å². The molecule has 0 unspecified atom stereocenters. The van der Waals surface area contributed by atoms with Crippen LogP contribution in [0.25, 0.3) is 0 Å². The molecule has 0 spiro atoms. The van der Waals surface area contributed by atoms with Gasteiger partial charge in [-0.1, -0.05) is 24.3 Å². The maximum atomic E-state index is 12.8. The van der Waals surface area contributed by atoms with Crippen LogP contribution in [0.3, 0.4) is 0 Å².